The Kier molecular flexibility index (Phi) is 3.54. The first-order chi connectivity index (χ1) is 6.74. The molecule has 0 aromatic rings. The molecule has 1 aliphatic heterocycles. The predicted molar refractivity (Wildman–Crippen MR) is 61.6 cm³/mol. The zero-order valence-corrected chi connectivity index (χ0v) is 9.67. The van der Waals surface area contributed by atoms with Crippen LogP contribution in [-0.4, -0.2) is 13.5 Å². The van der Waals surface area contributed by atoms with Gasteiger partial charge in [-0.25, -0.2) is 0 Å². The van der Waals surface area contributed by atoms with Crippen LogP contribution >= 0.6 is 0 Å². The predicted octanol–water partition coefficient (Wildman–Crippen LogP) is 3.47. The molecule has 0 amide bonds. The monoisotopic (exact) mass is 194 g/mol. The zero-order chi connectivity index (χ0) is 9.97. The average molecular weight is 194 g/mol. The topological polar surface area (TPSA) is 9.23 Å². The second-order valence-corrected chi connectivity index (χ2v) is 5.71. The van der Waals surface area contributed by atoms with Gasteiger partial charge in [-0.3, -0.25) is 0 Å². The lowest BCUT2D eigenvalue weighted by molar-refractivity contribution is 0.267. The van der Waals surface area contributed by atoms with Crippen molar-refractivity contribution >= 4 is 6.92 Å². The van der Waals surface area contributed by atoms with Crippen molar-refractivity contribution in [2.45, 2.75) is 52.2 Å². The smallest absolute Gasteiger partial charge is 0.293 e. The minimum atomic E-state index is 0.590. The first-order valence-electron chi connectivity index (χ1n) is 6.35. The second-order valence-electron chi connectivity index (χ2n) is 5.71. The van der Waals surface area contributed by atoms with Crippen LogP contribution in [0, 0.1) is 17.8 Å². The van der Waals surface area contributed by atoms with E-state index >= 15 is 0 Å². The Hall–Kier alpha value is 0.0249. The van der Waals surface area contributed by atoms with Gasteiger partial charge in [-0.2, -0.15) is 0 Å². The summed E-state index contributed by atoms with van der Waals surface area (Å²) in [7, 11) is 0. The molecule has 1 saturated carbocycles. The fraction of sp³-hybridized carbons (Fsp3) is 1.00. The van der Waals surface area contributed by atoms with E-state index in [1.807, 2.05) is 0 Å². The van der Waals surface area contributed by atoms with Crippen molar-refractivity contribution in [3.63, 3.8) is 0 Å². The molecule has 2 bridgehead atoms. The van der Waals surface area contributed by atoms with Crippen molar-refractivity contribution < 1.29 is 4.65 Å². The Bertz CT molecular complexity index is 181. The van der Waals surface area contributed by atoms with Gasteiger partial charge in [0.05, 0.1) is 0 Å². The number of rotatable bonds is 3. The Morgan fingerprint density at radius 1 is 1.21 bits per heavy atom. The molecular formula is C12H23BO. The lowest BCUT2D eigenvalue weighted by Gasteiger charge is -2.18. The number of fused-ring (bicyclic) bond motifs is 2. The van der Waals surface area contributed by atoms with Gasteiger partial charge < -0.3 is 4.65 Å². The molecule has 0 aromatic carbocycles. The zero-order valence-electron chi connectivity index (χ0n) is 9.67. The molecule has 0 radical (unpaired) electrons. The third-order valence-electron chi connectivity index (χ3n) is 3.81. The molecule has 2 aliphatic rings. The van der Waals surface area contributed by atoms with Crippen molar-refractivity contribution in [2.75, 3.05) is 6.61 Å². The van der Waals surface area contributed by atoms with Gasteiger partial charge in [-0.1, -0.05) is 33.1 Å². The Labute approximate surface area is 88.7 Å². The van der Waals surface area contributed by atoms with E-state index < -0.39 is 0 Å². The normalized spacial score (nSPS) is 32.4. The van der Waals surface area contributed by atoms with E-state index in [0.29, 0.717) is 12.8 Å². The van der Waals surface area contributed by atoms with Crippen molar-refractivity contribution in [1.82, 2.24) is 0 Å². The quantitative estimate of drug-likeness (QED) is 0.625. The number of hydrogen-bond acceptors (Lipinski definition) is 1. The van der Waals surface area contributed by atoms with Crippen molar-refractivity contribution in [1.29, 1.82) is 0 Å². The largest absolute Gasteiger partial charge is 0.436 e. The Balaban J connectivity index is 1.77. The van der Waals surface area contributed by atoms with Crippen LogP contribution in [0.2, 0.25) is 12.6 Å². The third kappa shape index (κ3) is 2.76. The van der Waals surface area contributed by atoms with Crippen LogP contribution in [0.4, 0.5) is 0 Å². The Morgan fingerprint density at radius 3 is 2.79 bits per heavy atom. The molecule has 2 heteroatoms. The van der Waals surface area contributed by atoms with E-state index in [4.69, 9.17) is 4.65 Å². The summed E-state index contributed by atoms with van der Waals surface area (Å²) >= 11 is 0. The number of hydrogen-bond donors (Lipinski definition) is 0. The van der Waals surface area contributed by atoms with E-state index in [1.54, 1.807) is 0 Å². The molecule has 0 N–H and O–H groups in total. The lowest BCUT2D eigenvalue weighted by Crippen LogP contribution is -2.22. The first-order valence-corrected chi connectivity index (χ1v) is 6.35. The van der Waals surface area contributed by atoms with Crippen molar-refractivity contribution in [3.8, 4) is 0 Å². The van der Waals surface area contributed by atoms with Gasteiger partial charge in [-0.05, 0) is 36.8 Å². The summed E-state index contributed by atoms with van der Waals surface area (Å²) in [6.07, 6.45) is 8.59. The molecular weight excluding hydrogens is 171 g/mol. The molecule has 80 valence electrons. The molecule has 2 fully saturated rings. The molecule has 0 spiro atoms. The molecule has 1 saturated heterocycles. The highest BCUT2D eigenvalue weighted by molar-refractivity contribution is 6.51. The van der Waals surface area contributed by atoms with Crippen LogP contribution in [0.3, 0.4) is 0 Å². The van der Waals surface area contributed by atoms with Gasteiger partial charge in [0.2, 0.25) is 0 Å². The summed E-state index contributed by atoms with van der Waals surface area (Å²) in [4.78, 5) is 0. The first kappa shape index (κ1) is 10.5. The fourth-order valence-electron chi connectivity index (χ4n) is 3.05. The fourth-order valence-corrected chi connectivity index (χ4v) is 3.05. The van der Waals surface area contributed by atoms with E-state index in [1.165, 1.54) is 38.3 Å². The summed E-state index contributed by atoms with van der Waals surface area (Å²) < 4.78 is 5.98. The molecule has 14 heavy (non-hydrogen) atoms. The molecule has 2 rings (SSSR count). The van der Waals surface area contributed by atoms with Gasteiger partial charge in [-0.15, -0.1) is 0 Å². The maximum atomic E-state index is 5.98. The minimum Gasteiger partial charge on any atom is -0.436 e. The second kappa shape index (κ2) is 4.70. The highest BCUT2D eigenvalue weighted by atomic mass is 16.4. The Morgan fingerprint density at radius 2 is 2.00 bits per heavy atom. The molecule has 2 unspecified atom stereocenters. The maximum Gasteiger partial charge on any atom is 0.293 e. The van der Waals surface area contributed by atoms with Crippen molar-refractivity contribution in [3.05, 3.63) is 0 Å². The lowest BCUT2D eigenvalue weighted by atomic mass is 9.57. The molecule has 0 aromatic heterocycles. The van der Waals surface area contributed by atoms with Crippen LogP contribution in [0.15, 0.2) is 0 Å². The van der Waals surface area contributed by atoms with Crippen LogP contribution in [0.1, 0.15) is 39.5 Å². The molecule has 1 aliphatic carbocycles. The standard InChI is InChI=1S/C12H23BO/c1-10(2)9-14-13-6-5-11-3-4-12(7-11)8-13/h10-12H,3-9H2,1-2H3. The van der Waals surface area contributed by atoms with Gasteiger partial charge in [0, 0.05) is 6.61 Å². The summed E-state index contributed by atoms with van der Waals surface area (Å²) in [6, 6.07) is 0. The molecule has 2 atom stereocenters. The molecule has 1 nitrogen and oxygen atoms in total. The highest BCUT2D eigenvalue weighted by Gasteiger charge is 2.33. The van der Waals surface area contributed by atoms with E-state index in [0.717, 1.165) is 18.4 Å². The van der Waals surface area contributed by atoms with Gasteiger partial charge in [0.15, 0.2) is 0 Å². The van der Waals surface area contributed by atoms with Crippen LogP contribution in [0.25, 0.3) is 0 Å². The van der Waals surface area contributed by atoms with Crippen LogP contribution < -0.4 is 0 Å². The van der Waals surface area contributed by atoms with Crippen LogP contribution in [0.5, 0.6) is 0 Å². The summed E-state index contributed by atoms with van der Waals surface area (Å²) in [5.41, 5.74) is 0. The summed E-state index contributed by atoms with van der Waals surface area (Å²) in [5, 5.41) is 0. The van der Waals surface area contributed by atoms with Crippen LogP contribution in [-0.2, 0) is 4.65 Å². The van der Waals surface area contributed by atoms with E-state index in [-0.39, 0.29) is 0 Å². The molecule has 1 heterocycles. The van der Waals surface area contributed by atoms with Gasteiger partial charge in [0.1, 0.15) is 0 Å². The van der Waals surface area contributed by atoms with Crippen molar-refractivity contribution in [2.24, 2.45) is 17.8 Å². The van der Waals surface area contributed by atoms with Gasteiger partial charge in [0.25, 0.3) is 6.92 Å². The highest BCUT2D eigenvalue weighted by Crippen LogP contribution is 2.41. The van der Waals surface area contributed by atoms with E-state index in [2.05, 4.69) is 13.8 Å². The minimum absolute atomic E-state index is 0.590. The maximum absolute atomic E-state index is 5.98. The third-order valence-corrected chi connectivity index (χ3v) is 3.81. The SMILES string of the molecule is CC(C)COB1CCC2CCC(C1)C2. The van der Waals surface area contributed by atoms with E-state index in [9.17, 15) is 0 Å². The summed E-state index contributed by atoms with van der Waals surface area (Å²) in [5.74, 6) is 2.74. The van der Waals surface area contributed by atoms with Gasteiger partial charge >= 0.3 is 0 Å². The summed E-state index contributed by atoms with van der Waals surface area (Å²) in [6.45, 7) is 6.03. The average Bonchev–Trinajstić information content (AvgIpc) is 2.44.